The molecule has 0 spiro atoms. The van der Waals surface area contributed by atoms with E-state index in [4.69, 9.17) is 36.1 Å². The Morgan fingerprint density at radius 1 is 0.906 bits per heavy atom. The lowest BCUT2D eigenvalue weighted by Gasteiger charge is -2.13. The molecule has 176 valence electrons. The van der Waals surface area contributed by atoms with Crippen molar-refractivity contribution < 1.29 is 23.7 Å². The molecule has 2 atom stereocenters. The molecule has 0 saturated carbocycles. The third-order valence-corrected chi connectivity index (χ3v) is 4.99. The molecular formula is C24H35N3O5. The van der Waals surface area contributed by atoms with Crippen molar-refractivity contribution in [1.82, 2.24) is 0 Å². The molecule has 2 rings (SSSR count). The number of rotatable bonds is 9. The van der Waals surface area contributed by atoms with Crippen molar-refractivity contribution in [3.63, 3.8) is 0 Å². The van der Waals surface area contributed by atoms with Crippen LogP contribution in [-0.4, -0.2) is 40.4 Å². The Kier molecular flexibility index (Phi) is 10.9. The van der Waals surface area contributed by atoms with Crippen LogP contribution in [0.4, 0.5) is 5.69 Å². The normalized spacial score (nSPS) is 12.3. The summed E-state index contributed by atoms with van der Waals surface area (Å²) in [7, 11) is 6.36. The highest BCUT2D eigenvalue weighted by molar-refractivity contribution is 5.79. The SMILES string of the molecule is CC[C@@H](C)[C@@H](N)C(N)=O.COc1ccc(C=Cc2cc(OC)c(OC)c(OC)c2)cc1N. The van der Waals surface area contributed by atoms with Gasteiger partial charge in [-0.3, -0.25) is 4.79 Å². The maximum atomic E-state index is 10.4. The minimum atomic E-state index is -0.477. The molecule has 0 aliphatic rings. The molecule has 0 heterocycles. The number of hydrogen-bond donors (Lipinski definition) is 3. The molecule has 8 heteroatoms. The number of anilines is 1. The smallest absolute Gasteiger partial charge is 0.234 e. The highest BCUT2D eigenvalue weighted by Gasteiger charge is 2.15. The second-order valence-electron chi connectivity index (χ2n) is 7.11. The van der Waals surface area contributed by atoms with E-state index in [1.807, 2.05) is 56.3 Å². The molecule has 0 aliphatic carbocycles. The Balaban J connectivity index is 0.000000482. The monoisotopic (exact) mass is 445 g/mol. The zero-order valence-electron chi connectivity index (χ0n) is 19.7. The lowest BCUT2D eigenvalue weighted by molar-refractivity contribution is -0.120. The van der Waals surface area contributed by atoms with Crippen LogP contribution in [0.2, 0.25) is 0 Å². The van der Waals surface area contributed by atoms with Gasteiger partial charge in [0.05, 0.1) is 40.2 Å². The maximum absolute atomic E-state index is 10.4. The number of amides is 1. The quantitative estimate of drug-likeness (QED) is 0.398. The van der Waals surface area contributed by atoms with Crippen molar-refractivity contribution >= 4 is 23.7 Å². The number of hydrogen-bond acceptors (Lipinski definition) is 7. The Morgan fingerprint density at radius 2 is 1.44 bits per heavy atom. The number of nitrogens with two attached hydrogens (primary N) is 3. The summed E-state index contributed by atoms with van der Waals surface area (Å²) in [6.07, 6.45) is 4.80. The summed E-state index contributed by atoms with van der Waals surface area (Å²) in [5.41, 5.74) is 18.8. The molecule has 6 N–H and O–H groups in total. The Hall–Kier alpha value is -3.39. The van der Waals surface area contributed by atoms with E-state index in [-0.39, 0.29) is 5.92 Å². The number of benzene rings is 2. The van der Waals surface area contributed by atoms with E-state index >= 15 is 0 Å². The van der Waals surface area contributed by atoms with Gasteiger partial charge in [0.25, 0.3) is 0 Å². The Labute approximate surface area is 190 Å². The molecule has 1 amide bonds. The van der Waals surface area contributed by atoms with Gasteiger partial charge < -0.3 is 36.1 Å². The van der Waals surface area contributed by atoms with Crippen LogP contribution >= 0.6 is 0 Å². The first-order valence-electron chi connectivity index (χ1n) is 10.2. The van der Waals surface area contributed by atoms with Gasteiger partial charge in [-0.1, -0.05) is 38.5 Å². The molecule has 2 aromatic carbocycles. The van der Waals surface area contributed by atoms with Gasteiger partial charge in [-0.2, -0.15) is 0 Å². The molecule has 8 nitrogen and oxygen atoms in total. The first-order valence-corrected chi connectivity index (χ1v) is 10.2. The second-order valence-corrected chi connectivity index (χ2v) is 7.11. The number of nitrogen functional groups attached to an aromatic ring is 1. The van der Waals surface area contributed by atoms with Crippen molar-refractivity contribution in [2.24, 2.45) is 17.4 Å². The minimum Gasteiger partial charge on any atom is -0.495 e. The van der Waals surface area contributed by atoms with Crippen molar-refractivity contribution in [2.75, 3.05) is 34.2 Å². The second kappa shape index (κ2) is 13.1. The van der Waals surface area contributed by atoms with Crippen LogP contribution in [0.3, 0.4) is 0 Å². The molecule has 0 saturated heterocycles. The summed E-state index contributed by atoms with van der Waals surface area (Å²) >= 11 is 0. The van der Waals surface area contributed by atoms with Gasteiger partial charge in [-0.05, 0) is 41.3 Å². The average Bonchev–Trinajstić information content (AvgIpc) is 2.81. The highest BCUT2D eigenvalue weighted by Crippen LogP contribution is 2.38. The molecule has 2 aromatic rings. The van der Waals surface area contributed by atoms with E-state index < -0.39 is 11.9 Å². The molecule has 0 fully saturated rings. The number of primary amides is 1. The minimum absolute atomic E-state index is 0.197. The molecule has 0 bridgehead atoms. The van der Waals surface area contributed by atoms with E-state index in [2.05, 4.69) is 0 Å². The van der Waals surface area contributed by atoms with E-state index in [0.717, 1.165) is 17.5 Å². The van der Waals surface area contributed by atoms with Gasteiger partial charge in [0.2, 0.25) is 11.7 Å². The Bertz CT molecular complexity index is 889. The van der Waals surface area contributed by atoms with E-state index in [9.17, 15) is 4.79 Å². The lowest BCUT2D eigenvalue weighted by Crippen LogP contribution is -2.41. The number of carbonyl (C=O) groups excluding carboxylic acids is 1. The fraction of sp³-hybridized carbons (Fsp3) is 0.375. The van der Waals surface area contributed by atoms with Crippen LogP contribution in [0.15, 0.2) is 30.3 Å². The van der Waals surface area contributed by atoms with Crippen LogP contribution in [0.25, 0.3) is 12.2 Å². The fourth-order valence-corrected chi connectivity index (χ4v) is 2.78. The fourth-order valence-electron chi connectivity index (χ4n) is 2.78. The highest BCUT2D eigenvalue weighted by atomic mass is 16.5. The summed E-state index contributed by atoms with van der Waals surface area (Å²) in [5, 5.41) is 0. The lowest BCUT2D eigenvalue weighted by atomic mass is 10.00. The maximum Gasteiger partial charge on any atom is 0.234 e. The zero-order valence-corrected chi connectivity index (χ0v) is 19.7. The summed E-state index contributed by atoms with van der Waals surface area (Å²) in [5.74, 6) is 2.24. The van der Waals surface area contributed by atoms with Crippen molar-refractivity contribution in [3.8, 4) is 23.0 Å². The van der Waals surface area contributed by atoms with Crippen molar-refractivity contribution in [1.29, 1.82) is 0 Å². The van der Waals surface area contributed by atoms with Crippen LogP contribution < -0.4 is 36.1 Å². The van der Waals surface area contributed by atoms with Crippen LogP contribution in [0.5, 0.6) is 23.0 Å². The summed E-state index contributed by atoms with van der Waals surface area (Å²) in [6, 6.07) is 8.91. The third-order valence-electron chi connectivity index (χ3n) is 4.99. The number of methoxy groups -OCH3 is 4. The molecule has 32 heavy (non-hydrogen) atoms. The molecule has 0 unspecified atom stereocenters. The van der Waals surface area contributed by atoms with E-state index in [0.29, 0.717) is 28.7 Å². The summed E-state index contributed by atoms with van der Waals surface area (Å²) in [6.45, 7) is 3.89. The van der Waals surface area contributed by atoms with Crippen LogP contribution in [0, 0.1) is 5.92 Å². The first kappa shape index (κ1) is 26.6. The van der Waals surface area contributed by atoms with E-state index in [1.54, 1.807) is 28.4 Å². The van der Waals surface area contributed by atoms with Gasteiger partial charge in [0.1, 0.15) is 5.75 Å². The Morgan fingerprint density at radius 3 is 1.81 bits per heavy atom. The number of ether oxygens (including phenoxy) is 4. The van der Waals surface area contributed by atoms with Gasteiger partial charge >= 0.3 is 0 Å². The summed E-state index contributed by atoms with van der Waals surface area (Å²) < 4.78 is 21.2. The van der Waals surface area contributed by atoms with Crippen LogP contribution in [-0.2, 0) is 4.79 Å². The van der Waals surface area contributed by atoms with Crippen molar-refractivity contribution in [3.05, 3.63) is 41.5 Å². The standard InChI is InChI=1S/C18H21NO4.C6H14N2O/c1-20-15-8-7-12(9-14(15)19)5-6-13-10-16(21-2)18(23-4)17(11-13)22-3;1-3-4(2)5(7)6(8)9/h5-11H,19H2,1-4H3;4-5H,3,7H2,1-2H3,(H2,8,9)/t;4-,5-/m.1/s1. The van der Waals surface area contributed by atoms with Gasteiger partial charge in [0.15, 0.2) is 11.5 Å². The zero-order chi connectivity index (χ0) is 24.3. The topological polar surface area (TPSA) is 132 Å². The predicted molar refractivity (Wildman–Crippen MR) is 129 cm³/mol. The molecule has 0 aromatic heterocycles. The van der Waals surface area contributed by atoms with Crippen LogP contribution in [0.1, 0.15) is 31.4 Å². The van der Waals surface area contributed by atoms with E-state index in [1.165, 1.54) is 0 Å². The largest absolute Gasteiger partial charge is 0.495 e. The molecule has 0 aliphatic heterocycles. The van der Waals surface area contributed by atoms with Gasteiger partial charge in [-0.15, -0.1) is 0 Å². The summed E-state index contributed by atoms with van der Waals surface area (Å²) in [4.78, 5) is 10.4. The molecule has 0 radical (unpaired) electrons. The predicted octanol–water partition coefficient (Wildman–Crippen LogP) is 3.32. The van der Waals surface area contributed by atoms with Crippen molar-refractivity contribution in [2.45, 2.75) is 26.3 Å². The number of carbonyl (C=O) groups is 1. The average molecular weight is 446 g/mol. The third kappa shape index (κ3) is 7.39. The molecular weight excluding hydrogens is 410 g/mol. The first-order chi connectivity index (χ1) is 15.2. The van der Waals surface area contributed by atoms with Gasteiger partial charge in [0, 0.05) is 0 Å². The van der Waals surface area contributed by atoms with Gasteiger partial charge in [-0.25, -0.2) is 0 Å².